The monoisotopic (exact) mass is 346 g/mol. The molecule has 0 unspecified atom stereocenters. The molecule has 1 spiro atoms. The SMILES string of the molecule is CC(C)(C)OC(=O)N1CC2(CCN(C(=O)CBr)CC2)C1. The van der Waals surface area contributed by atoms with Gasteiger partial charge >= 0.3 is 6.09 Å². The molecule has 2 amide bonds. The number of nitrogens with zero attached hydrogens (tertiary/aromatic N) is 2. The highest BCUT2D eigenvalue weighted by molar-refractivity contribution is 9.09. The molecule has 6 heteroatoms. The van der Waals surface area contributed by atoms with Crippen LogP contribution in [0.25, 0.3) is 0 Å². The van der Waals surface area contributed by atoms with E-state index in [2.05, 4.69) is 15.9 Å². The number of ether oxygens (including phenoxy) is 1. The fourth-order valence-corrected chi connectivity index (χ4v) is 3.20. The maximum Gasteiger partial charge on any atom is 0.410 e. The lowest BCUT2D eigenvalue weighted by atomic mass is 9.72. The Hall–Kier alpha value is -0.780. The summed E-state index contributed by atoms with van der Waals surface area (Å²) in [7, 11) is 0. The minimum Gasteiger partial charge on any atom is -0.444 e. The van der Waals surface area contributed by atoms with Crippen molar-refractivity contribution in [2.24, 2.45) is 5.41 Å². The highest BCUT2D eigenvalue weighted by Gasteiger charge is 2.48. The van der Waals surface area contributed by atoms with E-state index in [1.54, 1.807) is 4.90 Å². The average Bonchev–Trinajstić information content (AvgIpc) is 2.33. The third-order valence-electron chi connectivity index (χ3n) is 4.00. The Labute approximate surface area is 128 Å². The molecular formula is C14H23BrN2O3. The second kappa shape index (κ2) is 5.54. The van der Waals surface area contributed by atoms with Crippen LogP contribution in [0.5, 0.6) is 0 Å². The number of hydrogen-bond acceptors (Lipinski definition) is 3. The van der Waals surface area contributed by atoms with Gasteiger partial charge in [0.1, 0.15) is 5.60 Å². The van der Waals surface area contributed by atoms with Crippen molar-refractivity contribution >= 4 is 27.9 Å². The fraction of sp³-hybridized carbons (Fsp3) is 0.857. The molecule has 2 aliphatic rings. The maximum absolute atomic E-state index is 11.9. The molecule has 0 N–H and O–H groups in total. The van der Waals surface area contributed by atoms with Crippen LogP contribution in [0.2, 0.25) is 0 Å². The second-order valence-corrected chi connectivity index (χ2v) is 7.41. The number of rotatable bonds is 1. The van der Waals surface area contributed by atoms with E-state index in [9.17, 15) is 9.59 Å². The van der Waals surface area contributed by atoms with Crippen molar-refractivity contribution in [2.75, 3.05) is 31.5 Å². The van der Waals surface area contributed by atoms with Crippen molar-refractivity contribution in [1.29, 1.82) is 0 Å². The van der Waals surface area contributed by atoms with Crippen LogP contribution in [-0.2, 0) is 9.53 Å². The van der Waals surface area contributed by atoms with Gasteiger partial charge in [-0.05, 0) is 33.6 Å². The Kier molecular flexibility index (Phi) is 4.33. The van der Waals surface area contributed by atoms with Gasteiger partial charge in [-0.15, -0.1) is 0 Å². The molecule has 0 aromatic carbocycles. The van der Waals surface area contributed by atoms with E-state index in [4.69, 9.17) is 4.74 Å². The Bertz CT molecular complexity index is 390. The van der Waals surface area contributed by atoms with E-state index in [1.807, 2.05) is 25.7 Å². The molecule has 0 aromatic heterocycles. The summed E-state index contributed by atoms with van der Waals surface area (Å²) < 4.78 is 5.37. The minimum atomic E-state index is -0.439. The molecule has 114 valence electrons. The fourth-order valence-electron chi connectivity index (χ4n) is 2.85. The van der Waals surface area contributed by atoms with Crippen LogP contribution >= 0.6 is 15.9 Å². The highest BCUT2D eigenvalue weighted by Crippen LogP contribution is 2.41. The van der Waals surface area contributed by atoms with Gasteiger partial charge in [0.05, 0.1) is 5.33 Å². The summed E-state index contributed by atoms with van der Waals surface area (Å²) in [5.74, 6) is 0.156. The van der Waals surface area contributed by atoms with Crippen LogP contribution in [-0.4, -0.2) is 58.9 Å². The first-order valence-corrected chi connectivity index (χ1v) is 8.19. The van der Waals surface area contributed by atoms with Crippen molar-refractivity contribution in [3.8, 4) is 0 Å². The number of carbonyl (C=O) groups is 2. The molecule has 0 aliphatic carbocycles. The van der Waals surface area contributed by atoms with Crippen LogP contribution in [0.1, 0.15) is 33.6 Å². The van der Waals surface area contributed by atoms with E-state index in [0.717, 1.165) is 39.0 Å². The van der Waals surface area contributed by atoms with E-state index >= 15 is 0 Å². The topological polar surface area (TPSA) is 49.9 Å². The zero-order valence-corrected chi connectivity index (χ0v) is 14.0. The molecule has 0 saturated carbocycles. The molecule has 2 fully saturated rings. The minimum absolute atomic E-state index is 0.156. The van der Waals surface area contributed by atoms with Crippen molar-refractivity contribution in [3.05, 3.63) is 0 Å². The average molecular weight is 347 g/mol. The normalized spacial score (nSPS) is 21.6. The van der Waals surface area contributed by atoms with E-state index < -0.39 is 5.60 Å². The van der Waals surface area contributed by atoms with Gasteiger partial charge in [-0.3, -0.25) is 4.79 Å². The molecule has 2 heterocycles. The molecule has 0 radical (unpaired) electrons. The quantitative estimate of drug-likeness (QED) is 0.684. The summed E-state index contributed by atoms with van der Waals surface area (Å²) in [6.07, 6.45) is 1.73. The Balaban J connectivity index is 1.79. The van der Waals surface area contributed by atoms with Gasteiger partial charge in [-0.25, -0.2) is 4.79 Å². The van der Waals surface area contributed by atoms with Gasteiger partial charge in [0.15, 0.2) is 0 Å². The molecule has 2 rings (SSSR count). The Morgan fingerprint density at radius 1 is 1.15 bits per heavy atom. The number of amides is 2. The first-order valence-electron chi connectivity index (χ1n) is 7.06. The lowest BCUT2D eigenvalue weighted by molar-refractivity contribution is -0.133. The highest BCUT2D eigenvalue weighted by atomic mass is 79.9. The number of piperidine rings is 1. The van der Waals surface area contributed by atoms with Crippen LogP contribution < -0.4 is 0 Å². The predicted octanol–water partition coefficient (Wildman–Crippen LogP) is 2.24. The number of carbonyl (C=O) groups excluding carboxylic acids is 2. The first kappa shape index (κ1) is 15.6. The zero-order valence-electron chi connectivity index (χ0n) is 12.4. The van der Waals surface area contributed by atoms with Crippen molar-refractivity contribution in [1.82, 2.24) is 9.80 Å². The van der Waals surface area contributed by atoms with Gasteiger partial charge in [0, 0.05) is 31.6 Å². The zero-order chi connectivity index (χ0) is 15.0. The van der Waals surface area contributed by atoms with Crippen molar-refractivity contribution in [3.63, 3.8) is 0 Å². The summed E-state index contributed by atoms with van der Waals surface area (Å²) in [6, 6.07) is 0. The number of likely N-dealkylation sites (tertiary alicyclic amines) is 2. The van der Waals surface area contributed by atoms with Crippen LogP contribution in [0.15, 0.2) is 0 Å². The molecule has 0 aromatic rings. The van der Waals surface area contributed by atoms with Gasteiger partial charge in [-0.2, -0.15) is 0 Å². The summed E-state index contributed by atoms with van der Waals surface area (Å²) in [6.45, 7) is 8.76. The number of halogens is 1. The van der Waals surface area contributed by atoms with Gasteiger partial charge in [-0.1, -0.05) is 15.9 Å². The molecule has 0 bridgehead atoms. The van der Waals surface area contributed by atoms with Crippen LogP contribution in [0.4, 0.5) is 4.79 Å². The molecule has 0 atom stereocenters. The summed E-state index contributed by atoms with van der Waals surface area (Å²) >= 11 is 3.21. The standard InChI is InChI=1S/C14H23BrN2O3/c1-13(2,3)20-12(19)17-9-14(10-17)4-6-16(7-5-14)11(18)8-15/h4-10H2,1-3H3. The molecule has 2 saturated heterocycles. The maximum atomic E-state index is 11.9. The van der Waals surface area contributed by atoms with Crippen LogP contribution in [0.3, 0.4) is 0 Å². The lowest BCUT2D eigenvalue weighted by Gasteiger charge is -2.53. The Morgan fingerprint density at radius 2 is 1.70 bits per heavy atom. The van der Waals surface area contributed by atoms with Crippen LogP contribution in [0, 0.1) is 5.41 Å². The predicted molar refractivity (Wildman–Crippen MR) is 79.8 cm³/mol. The largest absolute Gasteiger partial charge is 0.444 e. The number of alkyl halides is 1. The van der Waals surface area contributed by atoms with Gasteiger partial charge in [0.25, 0.3) is 0 Å². The summed E-state index contributed by atoms with van der Waals surface area (Å²) in [5.41, 5.74) is -0.231. The lowest BCUT2D eigenvalue weighted by Crippen LogP contribution is -2.62. The third-order valence-corrected chi connectivity index (χ3v) is 4.48. The van der Waals surface area contributed by atoms with Crippen molar-refractivity contribution < 1.29 is 14.3 Å². The summed E-state index contributed by atoms with van der Waals surface area (Å²) in [5, 5.41) is 0.393. The first-order chi connectivity index (χ1) is 9.25. The molecular weight excluding hydrogens is 324 g/mol. The Morgan fingerprint density at radius 3 is 2.15 bits per heavy atom. The molecule has 5 nitrogen and oxygen atoms in total. The summed E-state index contributed by atoms with van der Waals surface area (Å²) in [4.78, 5) is 27.2. The van der Waals surface area contributed by atoms with E-state index in [0.29, 0.717) is 5.33 Å². The van der Waals surface area contributed by atoms with Crippen molar-refractivity contribution in [2.45, 2.75) is 39.2 Å². The van der Waals surface area contributed by atoms with E-state index in [1.165, 1.54) is 0 Å². The number of hydrogen-bond donors (Lipinski definition) is 0. The third kappa shape index (κ3) is 3.45. The molecule has 20 heavy (non-hydrogen) atoms. The van der Waals surface area contributed by atoms with Gasteiger partial charge < -0.3 is 14.5 Å². The smallest absolute Gasteiger partial charge is 0.410 e. The second-order valence-electron chi connectivity index (χ2n) is 6.85. The van der Waals surface area contributed by atoms with E-state index in [-0.39, 0.29) is 17.4 Å². The van der Waals surface area contributed by atoms with Gasteiger partial charge in [0.2, 0.25) is 5.91 Å². The molecule has 2 aliphatic heterocycles.